The number of aliphatic hydroxyl groups is 2. The maximum absolute atomic E-state index is 14.9. The van der Waals surface area contributed by atoms with Crippen molar-refractivity contribution in [2.75, 3.05) is 32.3 Å². The lowest BCUT2D eigenvalue weighted by molar-refractivity contribution is -0.384. The van der Waals surface area contributed by atoms with Crippen LogP contribution in [0.3, 0.4) is 0 Å². The first-order valence-corrected chi connectivity index (χ1v) is 23.9. The molecule has 356 valence electrons. The number of nitro groups is 1. The Balaban J connectivity index is 1.35. The van der Waals surface area contributed by atoms with Crippen molar-refractivity contribution in [3.63, 3.8) is 0 Å². The number of hydrogen-bond acceptors (Lipinski definition) is 11. The third-order valence-electron chi connectivity index (χ3n) is 13.3. The Morgan fingerprint density at radius 3 is 2.46 bits per heavy atom. The Bertz CT molecular complexity index is 2600. The molecule has 0 radical (unpaired) electrons. The molecule has 6 unspecified atom stereocenters. The van der Waals surface area contributed by atoms with Crippen molar-refractivity contribution in [3.05, 3.63) is 166 Å². The number of alkyl halides is 1. The minimum atomic E-state index is -1.56. The molecular weight excluding hydrogens is 886 g/mol. The van der Waals surface area contributed by atoms with Crippen LogP contribution in [-0.4, -0.2) is 76.0 Å². The lowest BCUT2D eigenvalue weighted by Crippen LogP contribution is -2.70. The molecule has 3 aliphatic rings. The average Bonchev–Trinajstić information content (AvgIpc) is 3.36. The fraction of sp³-hybridized carbons (Fsp3) is 0.370. The van der Waals surface area contributed by atoms with E-state index in [-0.39, 0.29) is 75.3 Å². The minimum absolute atomic E-state index is 0.0164. The number of unbranched alkanes of at least 4 members (excludes halogenated alkanes) is 2. The topological polar surface area (TPSA) is 162 Å². The highest BCUT2D eigenvalue weighted by atomic mass is 35.5. The number of carbonyl (C=O) groups is 1. The summed E-state index contributed by atoms with van der Waals surface area (Å²) in [6.07, 6.45) is 7.71. The predicted molar refractivity (Wildman–Crippen MR) is 261 cm³/mol. The van der Waals surface area contributed by atoms with Crippen LogP contribution in [0.5, 0.6) is 17.2 Å². The monoisotopic (exact) mass is 943 g/mol. The molecule has 13 nitrogen and oxygen atoms in total. The molecule has 2 N–H and O–H groups in total. The number of oxime groups is 1. The van der Waals surface area contributed by atoms with Crippen molar-refractivity contribution in [2.45, 2.75) is 75.8 Å². The zero-order chi connectivity index (χ0) is 47.5. The van der Waals surface area contributed by atoms with Crippen LogP contribution in [0.15, 0.2) is 145 Å². The van der Waals surface area contributed by atoms with E-state index in [1.807, 2.05) is 84.9 Å². The van der Waals surface area contributed by atoms with E-state index in [2.05, 4.69) is 12.7 Å². The average molecular weight is 945 g/mol. The molecule has 0 spiro atoms. The molecule has 8 rings (SSSR count). The maximum atomic E-state index is 14.9. The van der Waals surface area contributed by atoms with Crippen molar-refractivity contribution in [1.82, 2.24) is 4.90 Å². The Morgan fingerprint density at radius 2 is 1.68 bits per heavy atom. The standard InChI is InChI=1S/C54H58ClN3O10/c1-2-29-65-54-50(57(53(61)64-30-26-55)35-40-19-12-18-38-16-6-7-22-44(38)40)34-48(56-66-36-37-14-4-3-5-15-37)46-31-39(17-8-10-27-59)45(23-9-11-28-60)51(52(46)54)47-33-43(24-25-49(47)68-54)67-42-21-13-20-41(32-42)58(62)63/h2-7,12-16,18-22,24-25,31-33,39,45,50-52,59-60H,1,8-11,17,23,26-30,34-36H2. The summed E-state index contributed by atoms with van der Waals surface area (Å²) < 4.78 is 26.9. The lowest BCUT2D eigenvalue weighted by Gasteiger charge is -2.59. The van der Waals surface area contributed by atoms with E-state index in [1.165, 1.54) is 12.1 Å². The van der Waals surface area contributed by atoms with Crippen LogP contribution in [0.25, 0.3) is 10.8 Å². The first-order chi connectivity index (χ1) is 33.3. The number of aliphatic hydroxyl groups excluding tert-OH is 2. The highest BCUT2D eigenvalue weighted by molar-refractivity contribution is 6.18. The van der Waals surface area contributed by atoms with Gasteiger partial charge in [0.2, 0.25) is 5.79 Å². The zero-order valence-corrected chi connectivity index (χ0v) is 38.8. The van der Waals surface area contributed by atoms with Crippen LogP contribution < -0.4 is 9.47 Å². The molecule has 5 aromatic rings. The van der Waals surface area contributed by atoms with Gasteiger partial charge in [0, 0.05) is 37.2 Å². The van der Waals surface area contributed by atoms with Crippen molar-refractivity contribution in [2.24, 2.45) is 22.9 Å². The number of benzene rings is 5. The van der Waals surface area contributed by atoms with Crippen LogP contribution in [-0.2, 0) is 27.5 Å². The van der Waals surface area contributed by atoms with Gasteiger partial charge in [-0.1, -0.05) is 109 Å². The van der Waals surface area contributed by atoms with Crippen LogP contribution in [0.4, 0.5) is 10.5 Å². The van der Waals surface area contributed by atoms with Crippen LogP contribution in [0, 0.1) is 27.9 Å². The number of hydrogen-bond donors (Lipinski definition) is 2. The lowest BCUT2D eigenvalue weighted by atomic mass is 9.55. The van der Waals surface area contributed by atoms with Gasteiger partial charge in [-0.2, -0.15) is 0 Å². The molecule has 2 aliphatic carbocycles. The van der Waals surface area contributed by atoms with E-state index in [0.29, 0.717) is 35.8 Å². The molecule has 5 aromatic carbocycles. The Labute approximate surface area is 401 Å². The number of rotatable bonds is 22. The van der Waals surface area contributed by atoms with Gasteiger partial charge in [-0.3, -0.25) is 15.0 Å². The van der Waals surface area contributed by atoms with Gasteiger partial charge >= 0.3 is 6.09 Å². The highest BCUT2D eigenvalue weighted by Crippen LogP contribution is 2.62. The molecule has 0 bridgehead atoms. The van der Waals surface area contributed by atoms with Gasteiger partial charge < -0.3 is 34.0 Å². The van der Waals surface area contributed by atoms with Gasteiger partial charge in [0.15, 0.2) is 0 Å². The minimum Gasteiger partial charge on any atom is -0.459 e. The van der Waals surface area contributed by atoms with Gasteiger partial charge in [0.05, 0.1) is 41.7 Å². The number of non-ortho nitro benzene ring substituents is 1. The van der Waals surface area contributed by atoms with Crippen molar-refractivity contribution >= 4 is 39.9 Å². The zero-order valence-electron chi connectivity index (χ0n) is 38.0. The van der Waals surface area contributed by atoms with Gasteiger partial charge in [-0.15, -0.1) is 18.2 Å². The number of carbonyl (C=O) groups excluding carboxylic acids is 1. The third kappa shape index (κ3) is 10.6. The summed E-state index contributed by atoms with van der Waals surface area (Å²) in [5, 5.41) is 38.7. The molecule has 1 amide bonds. The summed E-state index contributed by atoms with van der Waals surface area (Å²) in [6.45, 7) is 4.52. The quantitative estimate of drug-likeness (QED) is 0.0224. The second-order valence-electron chi connectivity index (χ2n) is 17.5. The van der Waals surface area contributed by atoms with E-state index < -0.39 is 28.8 Å². The van der Waals surface area contributed by atoms with Crippen LogP contribution in [0.2, 0.25) is 0 Å². The molecule has 1 fully saturated rings. The summed E-state index contributed by atoms with van der Waals surface area (Å²) in [4.78, 5) is 34.1. The summed E-state index contributed by atoms with van der Waals surface area (Å²) in [5.74, 6) is -1.24. The molecule has 68 heavy (non-hydrogen) atoms. The molecular formula is C54H58ClN3O10. The first-order valence-electron chi connectivity index (χ1n) is 23.4. The van der Waals surface area contributed by atoms with Crippen molar-refractivity contribution in [1.29, 1.82) is 0 Å². The van der Waals surface area contributed by atoms with Crippen LogP contribution in [0.1, 0.15) is 67.6 Å². The smallest absolute Gasteiger partial charge is 0.410 e. The molecule has 0 aromatic heterocycles. The van der Waals surface area contributed by atoms with Gasteiger partial charge in [0.25, 0.3) is 5.69 Å². The second kappa shape index (κ2) is 22.7. The number of fused-ring (bicyclic) bond motifs is 3. The summed E-state index contributed by atoms with van der Waals surface area (Å²) >= 11 is 6.18. The third-order valence-corrected chi connectivity index (χ3v) is 13.4. The number of allylic oxidation sites excluding steroid dienone is 1. The van der Waals surface area contributed by atoms with E-state index in [0.717, 1.165) is 58.7 Å². The number of nitro benzene ring substituents is 1. The van der Waals surface area contributed by atoms with Gasteiger partial charge in [-0.25, -0.2) is 4.79 Å². The molecule has 1 heterocycles. The van der Waals surface area contributed by atoms with E-state index in [4.69, 9.17) is 40.5 Å². The van der Waals surface area contributed by atoms with Crippen LogP contribution >= 0.6 is 11.6 Å². The van der Waals surface area contributed by atoms with E-state index in [9.17, 15) is 25.1 Å². The number of nitrogens with zero attached hydrogens (tertiary/aromatic N) is 3. The Morgan fingerprint density at radius 1 is 0.926 bits per heavy atom. The maximum Gasteiger partial charge on any atom is 0.410 e. The largest absolute Gasteiger partial charge is 0.459 e. The summed E-state index contributed by atoms with van der Waals surface area (Å²) in [7, 11) is 0. The molecule has 6 atom stereocenters. The molecule has 14 heteroatoms. The van der Waals surface area contributed by atoms with Gasteiger partial charge in [0.1, 0.15) is 36.5 Å². The fourth-order valence-corrected chi connectivity index (χ4v) is 10.5. The normalized spacial score (nSPS) is 22.0. The Hall–Kier alpha value is -6.25. The second-order valence-corrected chi connectivity index (χ2v) is 17.8. The summed E-state index contributed by atoms with van der Waals surface area (Å²) in [6, 6.07) is 34.6. The first kappa shape index (κ1) is 48.2. The Kier molecular flexibility index (Phi) is 16.1. The molecule has 1 saturated carbocycles. The molecule has 1 aliphatic heterocycles. The summed E-state index contributed by atoms with van der Waals surface area (Å²) in [5.41, 5.74) is 4.04. The molecule has 0 saturated heterocycles. The van der Waals surface area contributed by atoms with E-state index >= 15 is 0 Å². The van der Waals surface area contributed by atoms with Crippen molar-refractivity contribution in [3.8, 4) is 17.2 Å². The fourth-order valence-electron chi connectivity index (χ4n) is 10.4. The SMILES string of the molecule is C=CCOC12Oc3ccc(Oc4cccc([N+](=O)[O-])c4)cc3C3C(CCCCO)C(CCCCO)C=C(C(=NOCc4ccccc4)CC1N(Cc1cccc4ccccc14)C(=O)OCCCl)C32. The predicted octanol–water partition coefficient (Wildman–Crippen LogP) is 11.3. The number of amides is 1. The van der Waals surface area contributed by atoms with Gasteiger partial charge in [-0.05, 0) is 89.3 Å². The van der Waals surface area contributed by atoms with E-state index in [1.54, 1.807) is 29.2 Å². The number of ether oxygens (including phenoxy) is 4. The highest BCUT2D eigenvalue weighted by Gasteiger charge is 2.65. The number of halogens is 1. The van der Waals surface area contributed by atoms with Crippen molar-refractivity contribution < 1.29 is 43.7 Å².